The predicted molar refractivity (Wildman–Crippen MR) is 51.2 cm³/mol. The number of aryl methyl sites for hydroxylation is 1. The van der Waals surface area contributed by atoms with Crippen molar-refractivity contribution < 1.29 is 4.79 Å². The fourth-order valence-corrected chi connectivity index (χ4v) is 1.04. The van der Waals surface area contributed by atoms with E-state index in [1.807, 2.05) is 0 Å². The number of hydrogen-bond acceptors (Lipinski definition) is 3. The second-order valence-electron chi connectivity index (χ2n) is 2.95. The molecule has 0 aliphatic rings. The fraction of sp³-hybridized carbons (Fsp3) is 0.444. The molecule has 0 saturated heterocycles. The molecule has 1 heterocycles. The van der Waals surface area contributed by atoms with E-state index in [-0.39, 0.29) is 5.78 Å². The number of nitrogens with one attached hydrogen (secondary N) is 1. The number of carbonyl (C=O) groups is 1. The molecule has 0 radical (unpaired) electrons. The van der Waals surface area contributed by atoms with Gasteiger partial charge in [0, 0.05) is 31.6 Å². The largest absolute Gasteiger partial charge is 0.328 e. The Balaban J connectivity index is 2.73. The highest BCUT2D eigenvalue weighted by Gasteiger charge is 2.00. The Morgan fingerprint density at radius 3 is 2.79 bits per heavy atom. The average Bonchev–Trinajstić information content (AvgIpc) is 2.16. The molecule has 5 nitrogen and oxygen atoms in total. The normalized spacial score (nSPS) is 10.1. The van der Waals surface area contributed by atoms with Crippen molar-refractivity contribution in [3.8, 4) is 0 Å². The molecule has 1 rings (SSSR count). The first-order valence-electron chi connectivity index (χ1n) is 4.45. The maximum Gasteiger partial charge on any atom is 0.328 e. The fourth-order valence-electron chi connectivity index (χ4n) is 1.04. The van der Waals surface area contributed by atoms with Gasteiger partial charge in [0.2, 0.25) is 0 Å². The van der Waals surface area contributed by atoms with Crippen molar-refractivity contribution in [1.82, 2.24) is 9.55 Å². The monoisotopic (exact) mass is 196 g/mol. The highest BCUT2D eigenvalue weighted by atomic mass is 16.2. The van der Waals surface area contributed by atoms with E-state index in [1.54, 1.807) is 6.92 Å². The van der Waals surface area contributed by atoms with Crippen LogP contribution in [0.5, 0.6) is 0 Å². The van der Waals surface area contributed by atoms with Crippen LogP contribution in [0.4, 0.5) is 0 Å². The molecule has 0 unspecified atom stereocenters. The summed E-state index contributed by atoms with van der Waals surface area (Å²) in [6.45, 7) is 2.10. The maximum atomic E-state index is 11.1. The highest BCUT2D eigenvalue weighted by Crippen LogP contribution is 1.90. The summed E-state index contributed by atoms with van der Waals surface area (Å²) in [5.74, 6) is 0.100. The zero-order valence-electron chi connectivity index (χ0n) is 7.95. The van der Waals surface area contributed by atoms with E-state index in [0.29, 0.717) is 19.4 Å². The minimum Gasteiger partial charge on any atom is -0.300 e. The number of carbonyl (C=O) groups excluding carboxylic acids is 1. The molecule has 0 saturated carbocycles. The molecular formula is C9H12N2O3. The number of aromatic amines is 1. The van der Waals surface area contributed by atoms with Crippen molar-refractivity contribution in [2.24, 2.45) is 0 Å². The number of rotatable bonds is 4. The number of ketones is 1. The van der Waals surface area contributed by atoms with Gasteiger partial charge in [0.15, 0.2) is 0 Å². The Morgan fingerprint density at radius 2 is 2.21 bits per heavy atom. The molecule has 0 spiro atoms. The molecule has 76 valence electrons. The Bertz CT molecular complexity index is 430. The lowest BCUT2D eigenvalue weighted by atomic mass is 10.2. The van der Waals surface area contributed by atoms with Gasteiger partial charge < -0.3 is 4.57 Å². The third-order valence-electron chi connectivity index (χ3n) is 1.92. The van der Waals surface area contributed by atoms with Crippen LogP contribution < -0.4 is 11.2 Å². The smallest absolute Gasteiger partial charge is 0.300 e. The molecule has 0 bridgehead atoms. The van der Waals surface area contributed by atoms with Gasteiger partial charge in [-0.15, -0.1) is 0 Å². The Hall–Kier alpha value is -1.65. The molecule has 0 amide bonds. The first kappa shape index (κ1) is 10.4. The van der Waals surface area contributed by atoms with Crippen molar-refractivity contribution in [2.75, 3.05) is 0 Å². The van der Waals surface area contributed by atoms with Crippen LogP contribution in [0.1, 0.15) is 19.8 Å². The van der Waals surface area contributed by atoms with Crippen molar-refractivity contribution in [1.29, 1.82) is 0 Å². The van der Waals surface area contributed by atoms with Gasteiger partial charge in [-0.2, -0.15) is 0 Å². The Morgan fingerprint density at radius 1 is 1.50 bits per heavy atom. The second kappa shape index (κ2) is 4.55. The van der Waals surface area contributed by atoms with Crippen LogP contribution in [0, 0.1) is 0 Å². The minimum absolute atomic E-state index is 0.100. The van der Waals surface area contributed by atoms with Crippen molar-refractivity contribution in [3.05, 3.63) is 33.1 Å². The first-order valence-corrected chi connectivity index (χ1v) is 4.45. The first-order chi connectivity index (χ1) is 6.63. The predicted octanol–water partition coefficient (Wildman–Crippen LogP) is -0.0942. The summed E-state index contributed by atoms with van der Waals surface area (Å²) >= 11 is 0. The number of Topliss-reactive ketones (excluding diaryl/α,β-unsaturated/α-hetero) is 1. The minimum atomic E-state index is -0.471. The molecule has 1 aromatic rings. The SMILES string of the molecule is CCC(=O)CCn1ccc(=O)[nH]c1=O. The van der Waals surface area contributed by atoms with Crippen LogP contribution in [0.2, 0.25) is 0 Å². The maximum absolute atomic E-state index is 11.1. The zero-order chi connectivity index (χ0) is 10.6. The van der Waals surface area contributed by atoms with Gasteiger partial charge in [0.1, 0.15) is 5.78 Å². The standard InChI is InChI=1S/C9H12N2O3/c1-2-7(12)3-5-11-6-4-8(13)10-9(11)14/h4,6H,2-3,5H2,1H3,(H,10,13,14). The lowest BCUT2D eigenvalue weighted by Crippen LogP contribution is -2.29. The van der Waals surface area contributed by atoms with Gasteiger partial charge in [-0.3, -0.25) is 14.6 Å². The van der Waals surface area contributed by atoms with Crippen molar-refractivity contribution >= 4 is 5.78 Å². The molecule has 0 aliphatic carbocycles. The van der Waals surface area contributed by atoms with Gasteiger partial charge in [-0.25, -0.2) is 4.79 Å². The van der Waals surface area contributed by atoms with Crippen molar-refractivity contribution in [2.45, 2.75) is 26.3 Å². The van der Waals surface area contributed by atoms with Gasteiger partial charge in [-0.05, 0) is 0 Å². The third-order valence-corrected chi connectivity index (χ3v) is 1.92. The second-order valence-corrected chi connectivity index (χ2v) is 2.95. The Kier molecular flexibility index (Phi) is 3.39. The summed E-state index contributed by atoms with van der Waals surface area (Å²) in [5, 5.41) is 0. The van der Waals surface area contributed by atoms with Crippen LogP contribution >= 0.6 is 0 Å². The van der Waals surface area contributed by atoms with Gasteiger partial charge in [-0.1, -0.05) is 6.92 Å². The topological polar surface area (TPSA) is 71.9 Å². The molecule has 1 aromatic heterocycles. The summed E-state index contributed by atoms with van der Waals surface area (Å²) in [5.41, 5.74) is -0.894. The van der Waals surface area contributed by atoms with Crippen LogP contribution in [0.3, 0.4) is 0 Å². The van der Waals surface area contributed by atoms with Gasteiger partial charge in [0.05, 0.1) is 0 Å². The van der Waals surface area contributed by atoms with E-state index in [1.165, 1.54) is 16.8 Å². The lowest BCUT2D eigenvalue weighted by Gasteiger charge is -2.01. The number of hydrogen-bond donors (Lipinski definition) is 1. The molecular weight excluding hydrogens is 184 g/mol. The summed E-state index contributed by atoms with van der Waals surface area (Å²) in [7, 11) is 0. The molecule has 0 aromatic carbocycles. The molecule has 0 aliphatic heterocycles. The number of H-pyrrole nitrogens is 1. The van der Waals surface area contributed by atoms with Gasteiger partial charge >= 0.3 is 5.69 Å². The van der Waals surface area contributed by atoms with Crippen LogP contribution in [0.25, 0.3) is 0 Å². The van der Waals surface area contributed by atoms with Gasteiger partial charge in [0.25, 0.3) is 5.56 Å². The number of aromatic nitrogens is 2. The highest BCUT2D eigenvalue weighted by molar-refractivity contribution is 5.77. The van der Waals surface area contributed by atoms with Crippen LogP contribution in [-0.2, 0) is 11.3 Å². The van der Waals surface area contributed by atoms with E-state index in [4.69, 9.17) is 0 Å². The quantitative estimate of drug-likeness (QED) is 0.731. The van der Waals surface area contributed by atoms with Crippen LogP contribution in [0.15, 0.2) is 21.9 Å². The van der Waals surface area contributed by atoms with E-state index in [2.05, 4.69) is 4.98 Å². The van der Waals surface area contributed by atoms with E-state index >= 15 is 0 Å². The van der Waals surface area contributed by atoms with E-state index < -0.39 is 11.2 Å². The molecule has 14 heavy (non-hydrogen) atoms. The van der Waals surface area contributed by atoms with Crippen molar-refractivity contribution in [3.63, 3.8) is 0 Å². The molecule has 5 heteroatoms. The molecule has 1 N–H and O–H groups in total. The zero-order valence-corrected chi connectivity index (χ0v) is 7.95. The number of nitrogens with zero attached hydrogens (tertiary/aromatic N) is 1. The Labute approximate surface area is 80.4 Å². The third kappa shape index (κ3) is 2.69. The average molecular weight is 196 g/mol. The molecule has 0 fully saturated rings. The molecule has 0 atom stereocenters. The van der Waals surface area contributed by atoms with Crippen LogP contribution in [-0.4, -0.2) is 15.3 Å². The summed E-state index contributed by atoms with van der Waals surface area (Å²) in [6, 6.07) is 1.26. The summed E-state index contributed by atoms with van der Waals surface area (Å²) in [6.07, 6.45) is 2.19. The van der Waals surface area contributed by atoms with E-state index in [0.717, 1.165) is 0 Å². The summed E-state index contributed by atoms with van der Waals surface area (Å²) in [4.78, 5) is 34.9. The van der Waals surface area contributed by atoms with E-state index in [9.17, 15) is 14.4 Å². The lowest BCUT2D eigenvalue weighted by molar-refractivity contribution is -0.118. The summed E-state index contributed by atoms with van der Waals surface area (Å²) < 4.78 is 1.31.